The second-order valence-electron chi connectivity index (χ2n) is 9.82. The zero-order chi connectivity index (χ0) is 25.8. The first-order valence-corrected chi connectivity index (χ1v) is 12.5. The van der Waals surface area contributed by atoms with Crippen LogP contribution in [0, 0.1) is 17.7 Å². The first kappa shape index (κ1) is 26.0. The molecule has 4 rings (SSSR count). The molecule has 9 heteroatoms. The van der Waals surface area contributed by atoms with Gasteiger partial charge in [-0.15, -0.1) is 0 Å². The van der Waals surface area contributed by atoms with Crippen LogP contribution in [-0.2, 0) is 9.53 Å². The van der Waals surface area contributed by atoms with Gasteiger partial charge in [0.25, 0.3) is 5.91 Å². The summed E-state index contributed by atoms with van der Waals surface area (Å²) in [5, 5.41) is 9.85. The highest BCUT2D eigenvalue weighted by Crippen LogP contribution is 2.31. The van der Waals surface area contributed by atoms with E-state index >= 15 is 0 Å². The number of aliphatic hydroxyl groups excluding tert-OH is 1. The van der Waals surface area contributed by atoms with Gasteiger partial charge in [0, 0.05) is 50.4 Å². The Morgan fingerprint density at radius 3 is 2.72 bits per heavy atom. The van der Waals surface area contributed by atoms with Crippen LogP contribution in [0.2, 0.25) is 0 Å². The minimum absolute atomic E-state index is 0.0578. The van der Waals surface area contributed by atoms with Crippen LogP contribution in [0.5, 0.6) is 5.88 Å². The maximum Gasteiger partial charge on any atom is 0.259 e. The summed E-state index contributed by atoms with van der Waals surface area (Å²) in [7, 11) is 1.77. The average molecular weight is 500 g/mol. The molecule has 36 heavy (non-hydrogen) atoms. The number of hydrogen-bond donors (Lipinski definition) is 1. The standard InChI is InChI=1S/C27H34FN3O5/c1-17-14-31(18(2)16-32)27(34)23-12-21(20-5-4-6-22(28)11-20)13-29-25(23)36-24(17)15-30(3)26(33)19-7-9-35-10-8-19/h4-6,11-13,17-19,24,32H,7-10,14-16H2,1-3H3/t17-,18+,24-/m1/s1. The Morgan fingerprint density at radius 2 is 2.03 bits per heavy atom. The zero-order valence-corrected chi connectivity index (χ0v) is 21.0. The van der Waals surface area contributed by atoms with Gasteiger partial charge in [-0.3, -0.25) is 9.59 Å². The Labute approximate surface area is 211 Å². The topological polar surface area (TPSA) is 92.2 Å². The average Bonchev–Trinajstić information content (AvgIpc) is 2.90. The van der Waals surface area contributed by atoms with Crippen molar-refractivity contribution in [2.45, 2.75) is 38.8 Å². The Balaban J connectivity index is 1.65. The lowest BCUT2D eigenvalue weighted by Gasteiger charge is -2.38. The van der Waals surface area contributed by atoms with Gasteiger partial charge < -0.3 is 24.4 Å². The fraction of sp³-hybridized carbons (Fsp3) is 0.519. The van der Waals surface area contributed by atoms with Crippen molar-refractivity contribution in [2.75, 3.05) is 40.0 Å². The van der Waals surface area contributed by atoms with Crippen LogP contribution in [0.25, 0.3) is 11.1 Å². The van der Waals surface area contributed by atoms with Gasteiger partial charge in [-0.25, -0.2) is 9.37 Å². The van der Waals surface area contributed by atoms with Gasteiger partial charge in [0.05, 0.1) is 19.2 Å². The molecule has 1 N–H and O–H groups in total. The van der Waals surface area contributed by atoms with Crippen molar-refractivity contribution >= 4 is 11.8 Å². The third-order valence-corrected chi connectivity index (χ3v) is 7.08. The molecule has 1 fully saturated rings. The third kappa shape index (κ3) is 5.68. The van der Waals surface area contributed by atoms with Crippen LogP contribution >= 0.6 is 0 Å². The van der Waals surface area contributed by atoms with E-state index in [0.717, 1.165) is 0 Å². The molecule has 0 aliphatic carbocycles. The normalized spacial score (nSPS) is 21.7. The molecule has 0 bridgehead atoms. The number of carbonyl (C=O) groups excluding carboxylic acids is 2. The number of ether oxygens (including phenoxy) is 2. The number of likely N-dealkylation sites (N-methyl/N-ethyl adjacent to an activating group) is 1. The van der Waals surface area contributed by atoms with E-state index in [9.17, 15) is 19.1 Å². The van der Waals surface area contributed by atoms with E-state index in [-0.39, 0.29) is 47.5 Å². The third-order valence-electron chi connectivity index (χ3n) is 7.08. The molecule has 0 radical (unpaired) electrons. The smallest absolute Gasteiger partial charge is 0.259 e. The summed E-state index contributed by atoms with van der Waals surface area (Å²) in [4.78, 5) is 34.4. The summed E-state index contributed by atoms with van der Waals surface area (Å²) >= 11 is 0. The molecule has 1 aromatic carbocycles. The first-order chi connectivity index (χ1) is 17.3. The van der Waals surface area contributed by atoms with Crippen molar-refractivity contribution in [3.63, 3.8) is 0 Å². The second kappa shape index (κ2) is 11.3. The highest BCUT2D eigenvalue weighted by atomic mass is 19.1. The summed E-state index contributed by atoms with van der Waals surface area (Å²) < 4.78 is 25.5. The summed E-state index contributed by atoms with van der Waals surface area (Å²) in [5.74, 6) is -0.677. The van der Waals surface area contributed by atoms with Crippen LogP contribution in [0.3, 0.4) is 0 Å². The van der Waals surface area contributed by atoms with E-state index in [1.165, 1.54) is 12.1 Å². The highest BCUT2D eigenvalue weighted by molar-refractivity contribution is 5.98. The van der Waals surface area contributed by atoms with Gasteiger partial charge in [-0.1, -0.05) is 19.1 Å². The molecular formula is C27H34FN3O5. The maximum atomic E-state index is 13.8. The summed E-state index contributed by atoms with van der Waals surface area (Å²) in [6.07, 6.45) is 2.54. The van der Waals surface area contributed by atoms with Gasteiger partial charge >= 0.3 is 0 Å². The van der Waals surface area contributed by atoms with Crippen LogP contribution in [0.1, 0.15) is 37.0 Å². The quantitative estimate of drug-likeness (QED) is 0.657. The van der Waals surface area contributed by atoms with Crippen LogP contribution in [-0.4, -0.2) is 83.8 Å². The second-order valence-corrected chi connectivity index (χ2v) is 9.82. The number of carbonyl (C=O) groups is 2. The number of fused-ring (bicyclic) bond motifs is 1. The van der Waals surface area contributed by atoms with E-state index in [1.807, 2.05) is 6.92 Å². The fourth-order valence-electron chi connectivity index (χ4n) is 4.76. The largest absolute Gasteiger partial charge is 0.472 e. The van der Waals surface area contributed by atoms with Gasteiger partial charge in [0.15, 0.2) is 0 Å². The Hall–Kier alpha value is -3.04. The Bertz CT molecular complexity index is 1090. The van der Waals surface area contributed by atoms with Crippen molar-refractivity contribution in [3.05, 3.63) is 47.9 Å². The Morgan fingerprint density at radius 1 is 1.28 bits per heavy atom. The molecule has 0 unspecified atom stereocenters. The van der Waals surface area contributed by atoms with Crippen LogP contribution in [0.15, 0.2) is 36.5 Å². The molecule has 8 nitrogen and oxygen atoms in total. The molecule has 3 atom stereocenters. The molecule has 1 saturated heterocycles. The zero-order valence-electron chi connectivity index (χ0n) is 21.0. The lowest BCUT2D eigenvalue weighted by molar-refractivity contribution is -0.138. The molecule has 2 aliphatic heterocycles. The summed E-state index contributed by atoms with van der Waals surface area (Å²) in [5.41, 5.74) is 1.42. The Kier molecular flexibility index (Phi) is 8.21. The monoisotopic (exact) mass is 499 g/mol. The first-order valence-electron chi connectivity index (χ1n) is 12.5. The van der Waals surface area contributed by atoms with Gasteiger partial charge in [-0.05, 0) is 43.5 Å². The van der Waals surface area contributed by atoms with E-state index < -0.39 is 12.1 Å². The van der Waals surface area contributed by atoms with Gasteiger partial charge in [0.1, 0.15) is 17.5 Å². The van der Waals surface area contributed by atoms with E-state index in [2.05, 4.69) is 4.98 Å². The van der Waals surface area contributed by atoms with Crippen molar-refractivity contribution in [1.29, 1.82) is 0 Å². The minimum atomic E-state index is -0.425. The predicted octanol–water partition coefficient (Wildman–Crippen LogP) is 2.99. The van der Waals surface area contributed by atoms with Crippen molar-refractivity contribution in [1.82, 2.24) is 14.8 Å². The lowest BCUT2D eigenvalue weighted by Crippen LogP contribution is -2.51. The lowest BCUT2D eigenvalue weighted by atomic mass is 9.97. The van der Waals surface area contributed by atoms with Crippen molar-refractivity contribution < 1.29 is 28.6 Å². The number of nitrogens with zero attached hydrogens (tertiary/aromatic N) is 3. The molecule has 2 aromatic rings. The molecule has 194 valence electrons. The number of halogens is 1. The number of hydrogen-bond acceptors (Lipinski definition) is 6. The molecule has 0 spiro atoms. The van der Waals surface area contributed by atoms with E-state index in [0.29, 0.717) is 50.3 Å². The SMILES string of the molecule is C[C@@H]1CN([C@@H](C)CO)C(=O)c2cc(-c3cccc(F)c3)cnc2O[C@@H]1CN(C)C(=O)C1CCOCC1. The maximum absolute atomic E-state index is 13.8. The highest BCUT2D eigenvalue weighted by Gasteiger charge is 2.35. The van der Waals surface area contributed by atoms with E-state index in [4.69, 9.17) is 9.47 Å². The number of aliphatic hydroxyl groups is 1. The molecule has 3 heterocycles. The summed E-state index contributed by atoms with van der Waals surface area (Å²) in [6, 6.07) is 7.31. The van der Waals surface area contributed by atoms with Crippen molar-refractivity contribution in [2.24, 2.45) is 11.8 Å². The minimum Gasteiger partial charge on any atom is -0.472 e. The molecule has 1 aromatic heterocycles. The fourth-order valence-corrected chi connectivity index (χ4v) is 4.76. The number of rotatable bonds is 6. The van der Waals surface area contributed by atoms with Crippen LogP contribution in [0.4, 0.5) is 4.39 Å². The van der Waals surface area contributed by atoms with Crippen molar-refractivity contribution in [3.8, 4) is 17.0 Å². The number of pyridine rings is 1. The summed E-state index contributed by atoms with van der Waals surface area (Å²) in [6.45, 7) is 5.40. The number of amides is 2. The number of aromatic nitrogens is 1. The molecular weight excluding hydrogens is 465 g/mol. The molecule has 0 saturated carbocycles. The number of benzene rings is 1. The molecule has 2 amide bonds. The van der Waals surface area contributed by atoms with Crippen LogP contribution < -0.4 is 4.74 Å². The van der Waals surface area contributed by atoms with E-state index in [1.54, 1.807) is 48.2 Å². The van der Waals surface area contributed by atoms with Gasteiger partial charge in [0.2, 0.25) is 11.8 Å². The predicted molar refractivity (Wildman–Crippen MR) is 132 cm³/mol. The van der Waals surface area contributed by atoms with Gasteiger partial charge in [-0.2, -0.15) is 0 Å². The molecule has 2 aliphatic rings.